The highest BCUT2D eigenvalue weighted by Gasteiger charge is 2.55. The monoisotopic (exact) mass is 371 g/mol. The Labute approximate surface area is 159 Å². The van der Waals surface area contributed by atoms with Crippen molar-refractivity contribution in [2.45, 2.75) is 50.8 Å². The van der Waals surface area contributed by atoms with Crippen LogP contribution in [0.2, 0.25) is 0 Å². The van der Waals surface area contributed by atoms with Crippen molar-refractivity contribution in [3.8, 4) is 0 Å². The Morgan fingerprint density at radius 1 is 1.15 bits per heavy atom. The predicted octanol–water partition coefficient (Wildman–Crippen LogP) is 2.93. The Kier molecular flexibility index (Phi) is 5.06. The fraction of sp³-hybridized carbons (Fsp3) is 0.429. The molecule has 2 N–H and O–H groups in total. The predicted molar refractivity (Wildman–Crippen MR) is 99.7 cm³/mol. The van der Waals surface area contributed by atoms with Gasteiger partial charge in [-0.05, 0) is 31.6 Å². The van der Waals surface area contributed by atoms with Crippen molar-refractivity contribution in [2.75, 3.05) is 6.54 Å². The molecule has 27 heavy (non-hydrogen) atoms. The zero-order chi connectivity index (χ0) is 18.9. The SMILES string of the molecule is CC1(C)O[C@H]2O[C@H](CNC(O)=C3C=CC=C3)[C@H](OCc3ccccc3)[C@H]2O1. The van der Waals surface area contributed by atoms with Gasteiger partial charge in [-0.15, -0.1) is 0 Å². The second-order valence-corrected chi connectivity index (χ2v) is 7.31. The van der Waals surface area contributed by atoms with Gasteiger partial charge in [-0.25, -0.2) is 0 Å². The molecule has 6 nitrogen and oxygen atoms in total. The number of fused-ring (bicyclic) bond motifs is 1. The van der Waals surface area contributed by atoms with Crippen LogP contribution in [0.25, 0.3) is 0 Å². The number of aliphatic hydroxyl groups is 1. The second kappa shape index (κ2) is 7.48. The van der Waals surface area contributed by atoms with Crippen LogP contribution in [0.3, 0.4) is 0 Å². The van der Waals surface area contributed by atoms with Crippen molar-refractivity contribution in [3.05, 3.63) is 71.7 Å². The van der Waals surface area contributed by atoms with Gasteiger partial charge < -0.3 is 29.4 Å². The Hall–Kier alpha value is -2.12. The van der Waals surface area contributed by atoms with E-state index >= 15 is 0 Å². The van der Waals surface area contributed by atoms with E-state index in [4.69, 9.17) is 18.9 Å². The van der Waals surface area contributed by atoms with Crippen LogP contribution in [-0.4, -0.2) is 42.0 Å². The maximum absolute atomic E-state index is 10.2. The first-order chi connectivity index (χ1) is 13.0. The Morgan fingerprint density at radius 3 is 2.63 bits per heavy atom. The Bertz CT molecular complexity index is 741. The molecule has 0 radical (unpaired) electrons. The fourth-order valence-corrected chi connectivity index (χ4v) is 3.51. The van der Waals surface area contributed by atoms with Crippen molar-refractivity contribution in [3.63, 3.8) is 0 Å². The third kappa shape index (κ3) is 4.09. The van der Waals surface area contributed by atoms with Crippen LogP contribution in [0.1, 0.15) is 19.4 Å². The molecule has 0 spiro atoms. The highest BCUT2D eigenvalue weighted by molar-refractivity contribution is 5.41. The van der Waals surface area contributed by atoms with E-state index < -0.39 is 12.1 Å². The Balaban J connectivity index is 1.43. The molecule has 0 unspecified atom stereocenters. The maximum Gasteiger partial charge on any atom is 0.191 e. The topological polar surface area (TPSA) is 69.2 Å². The molecule has 1 aromatic carbocycles. The van der Waals surface area contributed by atoms with Gasteiger partial charge in [0.05, 0.1) is 6.61 Å². The molecule has 3 aliphatic rings. The summed E-state index contributed by atoms with van der Waals surface area (Å²) in [6.45, 7) is 4.57. The second-order valence-electron chi connectivity index (χ2n) is 7.31. The summed E-state index contributed by atoms with van der Waals surface area (Å²) < 4.78 is 24.1. The maximum atomic E-state index is 10.2. The lowest BCUT2D eigenvalue weighted by Crippen LogP contribution is -2.41. The summed E-state index contributed by atoms with van der Waals surface area (Å²) in [5.74, 6) is -0.587. The van der Waals surface area contributed by atoms with Gasteiger partial charge in [-0.3, -0.25) is 0 Å². The molecule has 6 heteroatoms. The molecule has 1 aliphatic carbocycles. The van der Waals surface area contributed by atoms with E-state index in [1.165, 1.54) is 0 Å². The number of ether oxygens (including phenoxy) is 4. The summed E-state index contributed by atoms with van der Waals surface area (Å²) in [6.07, 6.45) is 6.02. The zero-order valence-electron chi connectivity index (χ0n) is 15.5. The van der Waals surface area contributed by atoms with Crippen LogP contribution >= 0.6 is 0 Å². The molecule has 0 saturated carbocycles. The average molecular weight is 371 g/mol. The van der Waals surface area contributed by atoms with Crippen LogP contribution in [0, 0.1) is 0 Å². The standard InChI is InChI=1S/C21H25NO5/c1-21(2)26-18-17(24-13-14-8-4-3-5-9-14)16(25-20(18)27-21)12-22-19(23)15-10-6-7-11-15/h3-11,16-18,20,22-23H,12-13H2,1-2H3/t16-,17+,18-,20-/m1/s1. The molecule has 0 bridgehead atoms. The summed E-state index contributed by atoms with van der Waals surface area (Å²) in [5.41, 5.74) is 1.82. The summed E-state index contributed by atoms with van der Waals surface area (Å²) >= 11 is 0. The van der Waals surface area contributed by atoms with Gasteiger partial charge in [0.15, 0.2) is 18.0 Å². The highest BCUT2D eigenvalue weighted by atomic mass is 16.8. The molecule has 4 rings (SSSR count). The van der Waals surface area contributed by atoms with E-state index in [0.29, 0.717) is 13.2 Å². The third-order valence-corrected chi connectivity index (χ3v) is 4.78. The first kappa shape index (κ1) is 18.3. The van der Waals surface area contributed by atoms with Gasteiger partial charge >= 0.3 is 0 Å². The van der Waals surface area contributed by atoms with Crippen molar-refractivity contribution < 1.29 is 24.1 Å². The smallest absolute Gasteiger partial charge is 0.191 e. The molecule has 2 aliphatic heterocycles. The van der Waals surface area contributed by atoms with Gasteiger partial charge in [-0.1, -0.05) is 42.5 Å². The lowest BCUT2D eigenvalue weighted by atomic mass is 10.1. The first-order valence-corrected chi connectivity index (χ1v) is 9.20. The lowest BCUT2D eigenvalue weighted by molar-refractivity contribution is -0.218. The first-order valence-electron chi connectivity index (χ1n) is 9.20. The molecule has 144 valence electrons. The summed E-state index contributed by atoms with van der Waals surface area (Å²) in [6, 6.07) is 9.98. The van der Waals surface area contributed by atoms with Gasteiger partial charge in [0.1, 0.15) is 18.3 Å². The van der Waals surface area contributed by atoms with E-state index in [2.05, 4.69) is 5.32 Å². The van der Waals surface area contributed by atoms with Crippen LogP contribution in [0.15, 0.2) is 66.1 Å². The van der Waals surface area contributed by atoms with Crippen molar-refractivity contribution >= 4 is 0 Å². The summed E-state index contributed by atoms with van der Waals surface area (Å²) in [4.78, 5) is 0. The largest absolute Gasteiger partial charge is 0.494 e. The molecule has 2 heterocycles. The molecule has 2 saturated heterocycles. The normalized spacial score (nSPS) is 30.7. The minimum Gasteiger partial charge on any atom is -0.494 e. The number of hydrogen-bond donors (Lipinski definition) is 2. The number of allylic oxidation sites excluding steroid dienone is 5. The number of benzene rings is 1. The van der Waals surface area contributed by atoms with Crippen LogP contribution in [-0.2, 0) is 25.6 Å². The average Bonchev–Trinajstić information content (AvgIpc) is 3.34. The van der Waals surface area contributed by atoms with Crippen molar-refractivity contribution in [2.24, 2.45) is 0 Å². The number of nitrogens with one attached hydrogen (secondary N) is 1. The number of hydrogen-bond acceptors (Lipinski definition) is 6. The highest BCUT2D eigenvalue weighted by Crippen LogP contribution is 2.39. The number of aliphatic hydroxyl groups excluding tert-OH is 1. The molecule has 0 amide bonds. The van der Waals surface area contributed by atoms with Crippen molar-refractivity contribution in [1.82, 2.24) is 5.32 Å². The lowest BCUT2D eigenvalue weighted by Gasteiger charge is -2.26. The van der Waals surface area contributed by atoms with E-state index in [-0.39, 0.29) is 24.2 Å². The molecule has 1 aromatic rings. The zero-order valence-corrected chi connectivity index (χ0v) is 15.5. The van der Waals surface area contributed by atoms with E-state index in [9.17, 15) is 5.11 Å². The molecule has 2 fully saturated rings. The van der Waals surface area contributed by atoms with E-state index in [0.717, 1.165) is 11.1 Å². The van der Waals surface area contributed by atoms with E-state index in [1.807, 2.05) is 68.5 Å². The van der Waals surface area contributed by atoms with Crippen molar-refractivity contribution in [1.29, 1.82) is 0 Å². The molecule has 0 aromatic heterocycles. The van der Waals surface area contributed by atoms with Gasteiger partial charge in [0.25, 0.3) is 0 Å². The number of rotatable bonds is 6. The Morgan fingerprint density at radius 2 is 1.89 bits per heavy atom. The van der Waals surface area contributed by atoms with Crippen LogP contribution < -0.4 is 5.32 Å². The molecule has 4 atom stereocenters. The fourth-order valence-electron chi connectivity index (χ4n) is 3.51. The van der Waals surface area contributed by atoms with Gasteiger partial charge in [-0.2, -0.15) is 0 Å². The van der Waals surface area contributed by atoms with Gasteiger partial charge in [0.2, 0.25) is 0 Å². The molecular weight excluding hydrogens is 346 g/mol. The van der Waals surface area contributed by atoms with Crippen LogP contribution in [0.5, 0.6) is 0 Å². The van der Waals surface area contributed by atoms with E-state index in [1.54, 1.807) is 0 Å². The minimum absolute atomic E-state index is 0.115. The summed E-state index contributed by atoms with van der Waals surface area (Å²) in [7, 11) is 0. The minimum atomic E-state index is -0.703. The quantitative estimate of drug-likeness (QED) is 0.750. The summed E-state index contributed by atoms with van der Waals surface area (Å²) in [5, 5.41) is 13.2. The van der Waals surface area contributed by atoms with Crippen LogP contribution in [0.4, 0.5) is 0 Å². The third-order valence-electron chi connectivity index (χ3n) is 4.78. The molecular formula is C21H25NO5. The van der Waals surface area contributed by atoms with Gasteiger partial charge in [0, 0.05) is 12.1 Å².